The Hall–Kier alpha value is -0.120. The third kappa shape index (κ3) is 2.67. The van der Waals surface area contributed by atoms with Gasteiger partial charge in [0.05, 0.1) is 12.2 Å². The van der Waals surface area contributed by atoms with Gasteiger partial charge in [0.25, 0.3) is 0 Å². The highest BCUT2D eigenvalue weighted by Gasteiger charge is 2.40. The van der Waals surface area contributed by atoms with Crippen LogP contribution in [0.25, 0.3) is 0 Å². The lowest BCUT2D eigenvalue weighted by Gasteiger charge is -2.30. The van der Waals surface area contributed by atoms with Gasteiger partial charge in [-0.05, 0) is 57.2 Å². The number of rotatable bonds is 4. The van der Waals surface area contributed by atoms with Crippen molar-refractivity contribution in [2.75, 3.05) is 26.2 Å². The summed E-state index contributed by atoms with van der Waals surface area (Å²) in [6, 6.07) is 0. The van der Waals surface area contributed by atoms with E-state index in [4.69, 9.17) is 4.74 Å². The number of hydrogen-bond donors (Lipinski definition) is 2. The molecule has 3 rings (SSSR count). The molecule has 3 saturated heterocycles. The summed E-state index contributed by atoms with van der Waals surface area (Å²) in [6.45, 7) is 7.16. The van der Waals surface area contributed by atoms with Crippen molar-refractivity contribution < 1.29 is 4.74 Å². The molecule has 0 aromatic rings. The second-order valence-electron chi connectivity index (χ2n) is 6.26. The molecule has 3 heterocycles. The Labute approximate surface area is 105 Å². The highest BCUT2D eigenvalue weighted by Crippen LogP contribution is 2.38. The summed E-state index contributed by atoms with van der Waals surface area (Å²) in [5.41, 5.74) is 0. The smallest absolute Gasteiger partial charge is 0.0621 e. The Kier molecular flexibility index (Phi) is 3.69. The van der Waals surface area contributed by atoms with Crippen molar-refractivity contribution in [3.05, 3.63) is 0 Å². The van der Waals surface area contributed by atoms with E-state index in [9.17, 15) is 0 Å². The van der Waals surface area contributed by atoms with E-state index in [-0.39, 0.29) is 0 Å². The maximum Gasteiger partial charge on any atom is 0.0621 e. The van der Waals surface area contributed by atoms with E-state index in [2.05, 4.69) is 17.6 Å². The molecular weight excluding hydrogens is 212 g/mol. The zero-order chi connectivity index (χ0) is 11.7. The van der Waals surface area contributed by atoms with E-state index >= 15 is 0 Å². The highest BCUT2D eigenvalue weighted by molar-refractivity contribution is 4.90. The summed E-state index contributed by atoms with van der Waals surface area (Å²) < 4.78 is 5.90. The molecule has 0 spiro atoms. The maximum absolute atomic E-state index is 5.90. The summed E-state index contributed by atoms with van der Waals surface area (Å²) in [7, 11) is 0. The Morgan fingerprint density at radius 3 is 2.76 bits per heavy atom. The van der Waals surface area contributed by atoms with Gasteiger partial charge in [0.2, 0.25) is 0 Å². The second-order valence-corrected chi connectivity index (χ2v) is 6.26. The zero-order valence-electron chi connectivity index (χ0n) is 11.0. The Balaban J connectivity index is 1.37. The fourth-order valence-corrected chi connectivity index (χ4v) is 3.78. The van der Waals surface area contributed by atoms with Crippen molar-refractivity contribution >= 4 is 0 Å². The van der Waals surface area contributed by atoms with Crippen LogP contribution in [-0.2, 0) is 4.74 Å². The molecule has 2 bridgehead atoms. The van der Waals surface area contributed by atoms with Crippen LogP contribution < -0.4 is 10.6 Å². The number of hydrogen-bond acceptors (Lipinski definition) is 3. The monoisotopic (exact) mass is 238 g/mol. The maximum atomic E-state index is 5.90. The van der Waals surface area contributed by atoms with Gasteiger partial charge in [0.15, 0.2) is 0 Å². The first-order chi connectivity index (χ1) is 8.33. The fraction of sp³-hybridized carbons (Fsp3) is 1.00. The average Bonchev–Trinajstić information content (AvgIpc) is 2.94. The van der Waals surface area contributed by atoms with Crippen LogP contribution >= 0.6 is 0 Å². The molecule has 5 unspecified atom stereocenters. The minimum Gasteiger partial charge on any atom is -0.375 e. The molecule has 5 atom stereocenters. The molecule has 3 aliphatic heterocycles. The van der Waals surface area contributed by atoms with Crippen molar-refractivity contribution in [3.8, 4) is 0 Å². The van der Waals surface area contributed by atoms with Crippen LogP contribution in [0.1, 0.15) is 32.6 Å². The van der Waals surface area contributed by atoms with Gasteiger partial charge < -0.3 is 15.4 Å². The van der Waals surface area contributed by atoms with Gasteiger partial charge >= 0.3 is 0 Å². The van der Waals surface area contributed by atoms with Crippen molar-refractivity contribution in [2.45, 2.75) is 44.8 Å². The van der Waals surface area contributed by atoms with Gasteiger partial charge in [-0.2, -0.15) is 0 Å². The minimum absolute atomic E-state index is 0.581. The molecular formula is C14H26N2O. The van der Waals surface area contributed by atoms with Gasteiger partial charge in [-0.1, -0.05) is 6.92 Å². The number of piperidine rings is 1. The molecule has 17 heavy (non-hydrogen) atoms. The molecule has 0 amide bonds. The molecule has 0 aromatic heterocycles. The van der Waals surface area contributed by atoms with Gasteiger partial charge in [-0.3, -0.25) is 0 Å². The van der Waals surface area contributed by atoms with Crippen LogP contribution in [0.5, 0.6) is 0 Å². The van der Waals surface area contributed by atoms with Crippen molar-refractivity contribution in [1.82, 2.24) is 10.6 Å². The Morgan fingerprint density at radius 2 is 2.06 bits per heavy atom. The van der Waals surface area contributed by atoms with Gasteiger partial charge in [-0.25, -0.2) is 0 Å². The lowest BCUT2D eigenvalue weighted by atomic mass is 9.87. The van der Waals surface area contributed by atoms with Crippen molar-refractivity contribution in [2.24, 2.45) is 17.8 Å². The van der Waals surface area contributed by atoms with E-state index in [1.807, 2.05) is 0 Å². The molecule has 2 N–H and O–H groups in total. The Morgan fingerprint density at radius 1 is 1.18 bits per heavy atom. The van der Waals surface area contributed by atoms with E-state index < -0.39 is 0 Å². The summed E-state index contributed by atoms with van der Waals surface area (Å²) >= 11 is 0. The average molecular weight is 238 g/mol. The third-order valence-electron chi connectivity index (χ3n) is 5.01. The third-order valence-corrected chi connectivity index (χ3v) is 5.01. The van der Waals surface area contributed by atoms with Gasteiger partial charge in [0, 0.05) is 12.5 Å². The lowest BCUT2D eigenvalue weighted by molar-refractivity contribution is 0.0920. The predicted molar refractivity (Wildman–Crippen MR) is 69.0 cm³/mol. The molecule has 98 valence electrons. The van der Waals surface area contributed by atoms with Crippen LogP contribution in [0.3, 0.4) is 0 Å². The molecule has 3 aliphatic rings. The van der Waals surface area contributed by atoms with Gasteiger partial charge in [0.1, 0.15) is 0 Å². The SMILES string of the molecule is CC1CNCCC1CNCC1CC2CCC1O2. The fourth-order valence-electron chi connectivity index (χ4n) is 3.78. The summed E-state index contributed by atoms with van der Waals surface area (Å²) in [5, 5.41) is 7.17. The molecule has 0 radical (unpaired) electrons. The summed E-state index contributed by atoms with van der Waals surface area (Å²) in [6.07, 6.45) is 6.44. The molecule has 0 aliphatic carbocycles. The van der Waals surface area contributed by atoms with Crippen molar-refractivity contribution in [3.63, 3.8) is 0 Å². The number of fused-ring (bicyclic) bond motifs is 2. The number of ether oxygens (including phenoxy) is 1. The molecule has 3 heteroatoms. The second kappa shape index (κ2) is 5.25. The van der Waals surface area contributed by atoms with E-state index in [0.717, 1.165) is 17.8 Å². The Bertz CT molecular complexity index is 257. The minimum atomic E-state index is 0.581. The number of nitrogens with one attached hydrogen (secondary N) is 2. The first-order valence-corrected chi connectivity index (χ1v) is 7.40. The molecule has 3 nitrogen and oxygen atoms in total. The largest absolute Gasteiger partial charge is 0.375 e. The zero-order valence-corrected chi connectivity index (χ0v) is 11.0. The molecule has 0 aromatic carbocycles. The van der Waals surface area contributed by atoms with Crippen LogP contribution in [0.4, 0.5) is 0 Å². The summed E-state index contributed by atoms with van der Waals surface area (Å²) in [4.78, 5) is 0. The van der Waals surface area contributed by atoms with E-state index in [1.54, 1.807) is 0 Å². The standard InChI is InChI=1S/C14H26N2O/c1-10-7-15-5-4-11(10)8-16-9-12-6-13-2-3-14(12)17-13/h10-16H,2-9H2,1H3. The normalized spacial score (nSPS) is 45.4. The van der Waals surface area contributed by atoms with Crippen molar-refractivity contribution in [1.29, 1.82) is 0 Å². The van der Waals surface area contributed by atoms with E-state index in [1.165, 1.54) is 51.9 Å². The predicted octanol–water partition coefficient (Wildman–Crippen LogP) is 1.39. The summed E-state index contributed by atoms with van der Waals surface area (Å²) in [5.74, 6) is 2.49. The van der Waals surface area contributed by atoms with Gasteiger partial charge in [-0.15, -0.1) is 0 Å². The first kappa shape index (κ1) is 11.9. The first-order valence-electron chi connectivity index (χ1n) is 7.40. The van der Waals surface area contributed by atoms with Crippen LogP contribution in [0, 0.1) is 17.8 Å². The molecule has 3 fully saturated rings. The van der Waals surface area contributed by atoms with E-state index in [0.29, 0.717) is 12.2 Å². The lowest BCUT2D eigenvalue weighted by Crippen LogP contribution is -2.41. The quantitative estimate of drug-likeness (QED) is 0.776. The highest BCUT2D eigenvalue weighted by atomic mass is 16.5. The van der Waals surface area contributed by atoms with Crippen LogP contribution in [-0.4, -0.2) is 38.4 Å². The van der Waals surface area contributed by atoms with Crippen LogP contribution in [0.15, 0.2) is 0 Å². The topological polar surface area (TPSA) is 33.3 Å². The molecule has 0 saturated carbocycles. The van der Waals surface area contributed by atoms with Crippen LogP contribution in [0.2, 0.25) is 0 Å².